The summed E-state index contributed by atoms with van der Waals surface area (Å²) in [6, 6.07) is 6.81. The highest BCUT2D eigenvalue weighted by Gasteiger charge is 2.28. The number of aliphatic hydroxyl groups is 1. The van der Waals surface area contributed by atoms with Crippen LogP contribution in [0.3, 0.4) is 0 Å². The quantitative estimate of drug-likeness (QED) is 0.883. The molecule has 1 heterocycles. The second-order valence-electron chi connectivity index (χ2n) is 5.10. The predicted molar refractivity (Wildman–Crippen MR) is 69.9 cm³/mol. The molecule has 3 nitrogen and oxygen atoms in total. The van der Waals surface area contributed by atoms with Crippen molar-refractivity contribution >= 4 is 0 Å². The summed E-state index contributed by atoms with van der Waals surface area (Å²) in [6.07, 6.45) is 0. The molecule has 2 rings (SSSR count). The lowest BCUT2D eigenvalue weighted by Crippen LogP contribution is -2.52. The Bertz CT molecular complexity index is 382. The zero-order valence-corrected chi connectivity index (χ0v) is 11.0. The first-order chi connectivity index (χ1) is 8.61. The maximum Gasteiger partial charge on any atom is 0.123 e. The number of likely N-dealkylation sites (N-methyl/N-ethyl adjacent to an activating group) is 1. The van der Waals surface area contributed by atoms with Crippen LogP contribution in [0.1, 0.15) is 18.5 Å². The SMILES string of the molecule is CC1CN(C)CCN1C(CO)c1ccc(F)cc1. The number of rotatable bonds is 3. The number of halogens is 1. The first-order valence-corrected chi connectivity index (χ1v) is 6.42. The standard InChI is InChI=1S/C14H21FN2O/c1-11-9-16(2)7-8-17(11)14(10-18)12-3-5-13(15)6-4-12/h3-6,11,14,18H,7-10H2,1-2H3. The van der Waals surface area contributed by atoms with Gasteiger partial charge in [0, 0.05) is 25.7 Å². The molecule has 1 aromatic rings. The first-order valence-electron chi connectivity index (χ1n) is 6.42. The molecule has 1 N–H and O–H groups in total. The fraction of sp³-hybridized carbons (Fsp3) is 0.571. The average Bonchev–Trinajstić information content (AvgIpc) is 2.35. The Hall–Kier alpha value is -0.970. The number of hydrogen-bond donors (Lipinski definition) is 1. The fourth-order valence-corrected chi connectivity index (χ4v) is 2.70. The maximum absolute atomic E-state index is 12.9. The molecule has 100 valence electrons. The molecule has 1 saturated heterocycles. The lowest BCUT2D eigenvalue weighted by atomic mass is 10.0. The molecular formula is C14H21FN2O. The molecular weight excluding hydrogens is 231 g/mol. The largest absolute Gasteiger partial charge is 0.394 e. The highest BCUT2D eigenvalue weighted by molar-refractivity contribution is 5.20. The van der Waals surface area contributed by atoms with E-state index in [1.54, 1.807) is 12.1 Å². The topological polar surface area (TPSA) is 26.7 Å². The van der Waals surface area contributed by atoms with Crippen molar-refractivity contribution in [1.29, 1.82) is 0 Å². The van der Waals surface area contributed by atoms with Crippen LogP contribution in [0.25, 0.3) is 0 Å². The van der Waals surface area contributed by atoms with Crippen LogP contribution in [-0.4, -0.2) is 54.2 Å². The number of hydrogen-bond acceptors (Lipinski definition) is 3. The van der Waals surface area contributed by atoms with Crippen molar-refractivity contribution in [2.45, 2.75) is 19.0 Å². The van der Waals surface area contributed by atoms with E-state index < -0.39 is 0 Å². The number of nitrogens with zero attached hydrogens (tertiary/aromatic N) is 2. The van der Waals surface area contributed by atoms with E-state index in [9.17, 15) is 9.50 Å². The Morgan fingerprint density at radius 1 is 1.33 bits per heavy atom. The molecule has 2 unspecified atom stereocenters. The minimum Gasteiger partial charge on any atom is -0.394 e. The minimum atomic E-state index is -0.234. The molecule has 18 heavy (non-hydrogen) atoms. The molecule has 1 aromatic carbocycles. The Kier molecular flexibility index (Phi) is 4.32. The van der Waals surface area contributed by atoms with Crippen LogP contribution < -0.4 is 0 Å². The van der Waals surface area contributed by atoms with Gasteiger partial charge >= 0.3 is 0 Å². The highest BCUT2D eigenvalue weighted by Crippen LogP contribution is 2.24. The number of piperazine rings is 1. The van der Waals surface area contributed by atoms with E-state index in [1.807, 2.05) is 0 Å². The summed E-state index contributed by atoms with van der Waals surface area (Å²) >= 11 is 0. The molecule has 1 fully saturated rings. The summed E-state index contributed by atoms with van der Waals surface area (Å²) < 4.78 is 12.9. The summed E-state index contributed by atoms with van der Waals surface area (Å²) in [4.78, 5) is 4.59. The Balaban J connectivity index is 2.15. The molecule has 1 aliphatic heterocycles. The summed E-state index contributed by atoms with van der Waals surface area (Å²) in [6.45, 7) is 5.17. The van der Waals surface area contributed by atoms with Crippen LogP contribution in [0.15, 0.2) is 24.3 Å². The third-order valence-corrected chi connectivity index (χ3v) is 3.71. The highest BCUT2D eigenvalue weighted by atomic mass is 19.1. The van der Waals surface area contributed by atoms with Gasteiger partial charge in [0.2, 0.25) is 0 Å². The summed E-state index contributed by atoms with van der Waals surface area (Å²) in [5.74, 6) is -0.234. The summed E-state index contributed by atoms with van der Waals surface area (Å²) in [5.41, 5.74) is 0.982. The smallest absolute Gasteiger partial charge is 0.123 e. The van der Waals surface area contributed by atoms with E-state index >= 15 is 0 Å². The van der Waals surface area contributed by atoms with Gasteiger partial charge in [-0.15, -0.1) is 0 Å². The van der Waals surface area contributed by atoms with Gasteiger partial charge in [-0.2, -0.15) is 0 Å². The number of benzene rings is 1. The van der Waals surface area contributed by atoms with Gasteiger partial charge in [-0.1, -0.05) is 12.1 Å². The van der Waals surface area contributed by atoms with E-state index in [2.05, 4.69) is 23.8 Å². The van der Waals surface area contributed by atoms with Crippen LogP contribution in [0, 0.1) is 5.82 Å². The second kappa shape index (κ2) is 5.78. The van der Waals surface area contributed by atoms with Crippen molar-refractivity contribution in [3.63, 3.8) is 0 Å². The monoisotopic (exact) mass is 252 g/mol. The molecule has 0 bridgehead atoms. The van der Waals surface area contributed by atoms with Crippen molar-refractivity contribution < 1.29 is 9.50 Å². The van der Waals surface area contributed by atoms with Crippen molar-refractivity contribution in [3.05, 3.63) is 35.6 Å². The third-order valence-electron chi connectivity index (χ3n) is 3.71. The molecule has 0 spiro atoms. The van der Waals surface area contributed by atoms with Crippen molar-refractivity contribution in [2.24, 2.45) is 0 Å². The maximum atomic E-state index is 12.9. The van der Waals surface area contributed by atoms with Gasteiger partial charge in [-0.3, -0.25) is 4.90 Å². The van der Waals surface area contributed by atoms with E-state index in [-0.39, 0.29) is 18.5 Å². The molecule has 0 saturated carbocycles. The van der Waals surface area contributed by atoms with E-state index in [0.29, 0.717) is 6.04 Å². The van der Waals surface area contributed by atoms with Gasteiger partial charge in [0.25, 0.3) is 0 Å². The molecule has 0 radical (unpaired) electrons. The Labute approximate surface area is 108 Å². The van der Waals surface area contributed by atoms with Gasteiger partial charge in [0.15, 0.2) is 0 Å². The van der Waals surface area contributed by atoms with Gasteiger partial charge in [-0.25, -0.2) is 4.39 Å². The first kappa shape index (κ1) is 13.5. The van der Waals surface area contributed by atoms with Crippen LogP contribution in [0.2, 0.25) is 0 Å². The van der Waals surface area contributed by atoms with E-state index in [1.165, 1.54) is 12.1 Å². The Morgan fingerprint density at radius 3 is 2.56 bits per heavy atom. The van der Waals surface area contributed by atoms with Crippen LogP contribution in [-0.2, 0) is 0 Å². The third kappa shape index (κ3) is 2.88. The molecule has 4 heteroatoms. The zero-order valence-electron chi connectivity index (χ0n) is 11.0. The molecule has 0 aliphatic carbocycles. The van der Waals surface area contributed by atoms with Crippen molar-refractivity contribution in [2.75, 3.05) is 33.3 Å². The number of aliphatic hydroxyl groups excluding tert-OH is 1. The van der Waals surface area contributed by atoms with Crippen LogP contribution >= 0.6 is 0 Å². The Morgan fingerprint density at radius 2 is 2.00 bits per heavy atom. The van der Waals surface area contributed by atoms with Gasteiger partial charge in [0.1, 0.15) is 5.82 Å². The fourth-order valence-electron chi connectivity index (χ4n) is 2.70. The van der Waals surface area contributed by atoms with Gasteiger partial charge in [-0.05, 0) is 31.7 Å². The molecule has 1 aliphatic rings. The van der Waals surface area contributed by atoms with E-state index in [4.69, 9.17) is 0 Å². The lowest BCUT2D eigenvalue weighted by molar-refractivity contribution is 0.0341. The second-order valence-corrected chi connectivity index (χ2v) is 5.10. The average molecular weight is 252 g/mol. The van der Waals surface area contributed by atoms with Crippen molar-refractivity contribution in [3.8, 4) is 0 Å². The van der Waals surface area contributed by atoms with Crippen molar-refractivity contribution in [1.82, 2.24) is 9.80 Å². The molecule has 0 aromatic heterocycles. The molecule has 0 amide bonds. The minimum absolute atomic E-state index is 0.0331. The lowest BCUT2D eigenvalue weighted by Gasteiger charge is -2.42. The predicted octanol–water partition coefficient (Wildman–Crippen LogP) is 1.49. The van der Waals surface area contributed by atoms with Gasteiger partial charge < -0.3 is 10.0 Å². The van der Waals surface area contributed by atoms with Crippen LogP contribution in [0.4, 0.5) is 4.39 Å². The summed E-state index contributed by atoms with van der Waals surface area (Å²) in [7, 11) is 2.11. The summed E-state index contributed by atoms with van der Waals surface area (Å²) in [5, 5.41) is 9.64. The van der Waals surface area contributed by atoms with Gasteiger partial charge in [0.05, 0.1) is 12.6 Å². The van der Waals surface area contributed by atoms with E-state index in [0.717, 1.165) is 25.2 Å². The normalized spacial score (nSPS) is 24.1. The molecule has 2 atom stereocenters. The van der Waals surface area contributed by atoms with Crippen LogP contribution in [0.5, 0.6) is 0 Å². The zero-order chi connectivity index (χ0) is 13.1.